The maximum absolute atomic E-state index is 10.8. The van der Waals surface area contributed by atoms with Gasteiger partial charge in [0.25, 0.3) is 0 Å². The van der Waals surface area contributed by atoms with E-state index < -0.39 is 53.5 Å². The van der Waals surface area contributed by atoms with Gasteiger partial charge in [0.15, 0.2) is 0 Å². The molecule has 0 aliphatic carbocycles. The molecule has 0 fully saturated rings. The maximum atomic E-state index is 10.8. The average Bonchev–Trinajstić information content (AvgIpc) is 2.35. The van der Waals surface area contributed by atoms with Crippen LogP contribution in [-0.2, 0) is 0 Å². The van der Waals surface area contributed by atoms with Crippen molar-refractivity contribution in [2.24, 2.45) is 0 Å². The topological polar surface area (TPSA) is 210 Å². The van der Waals surface area contributed by atoms with Gasteiger partial charge in [-0.3, -0.25) is 0 Å². The standard InChI is InChI=1S/C10H6O8.BH3O3/c11-7(12)3-1-4(8(13)14)6(10(17)18)2-5(3)9(15)16;2-1(3)4/h1-2H,(H,11,12)(H,13,14)(H,15,16)(H,17,18);2-4H. The Morgan fingerprint density at radius 3 is 0.818 bits per heavy atom. The van der Waals surface area contributed by atoms with Gasteiger partial charge in [0.1, 0.15) is 0 Å². The van der Waals surface area contributed by atoms with Gasteiger partial charge in [0, 0.05) is 0 Å². The van der Waals surface area contributed by atoms with Crippen molar-refractivity contribution in [1.29, 1.82) is 0 Å². The molecule has 0 radical (unpaired) electrons. The van der Waals surface area contributed by atoms with Crippen LogP contribution in [0.2, 0.25) is 0 Å². The molecular weight excluding hydrogens is 307 g/mol. The van der Waals surface area contributed by atoms with Gasteiger partial charge in [0.2, 0.25) is 0 Å². The third-order valence-electron chi connectivity index (χ3n) is 2.08. The van der Waals surface area contributed by atoms with Crippen molar-refractivity contribution in [3.8, 4) is 0 Å². The lowest BCUT2D eigenvalue weighted by atomic mass is 9.98. The number of carbonyl (C=O) groups is 4. The quantitative estimate of drug-likeness (QED) is 0.315. The fraction of sp³-hybridized carbons (Fsp3) is 0. The van der Waals surface area contributed by atoms with Crippen molar-refractivity contribution < 1.29 is 54.7 Å². The Morgan fingerprint density at radius 2 is 0.727 bits per heavy atom. The van der Waals surface area contributed by atoms with Crippen LogP contribution in [0, 0.1) is 0 Å². The van der Waals surface area contributed by atoms with E-state index in [-0.39, 0.29) is 0 Å². The third kappa shape index (κ3) is 5.20. The summed E-state index contributed by atoms with van der Waals surface area (Å²) in [6.07, 6.45) is 0. The molecule has 0 unspecified atom stereocenters. The summed E-state index contributed by atoms with van der Waals surface area (Å²) in [4.78, 5) is 43.1. The highest BCUT2D eigenvalue weighted by Gasteiger charge is 2.24. The summed E-state index contributed by atoms with van der Waals surface area (Å²) in [7, 11) is -2.17. The zero-order valence-electron chi connectivity index (χ0n) is 10.5. The van der Waals surface area contributed by atoms with E-state index in [1.54, 1.807) is 0 Å². The largest absolute Gasteiger partial charge is 0.631 e. The van der Waals surface area contributed by atoms with Crippen LogP contribution in [0.15, 0.2) is 12.1 Å². The molecule has 0 aliphatic rings. The Labute approximate surface area is 121 Å². The maximum Gasteiger partial charge on any atom is 0.631 e. The lowest BCUT2D eigenvalue weighted by Crippen LogP contribution is -2.15. The molecule has 0 spiro atoms. The molecule has 0 saturated carbocycles. The zero-order valence-corrected chi connectivity index (χ0v) is 10.5. The van der Waals surface area contributed by atoms with E-state index in [2.05, 4.69) is 0 Å². The second kappa shape index (κ2) is 7.73. The second-order valence-corrected chi connectivity index (χ2v) is 3.51. The van der Waals surface area contributed by atoms with Gasteiger partial charge in [0.05, 0.1) is 22.3 Å². The number of hydrogen-bond donors (Lipinski definition) is 7. The first-order valence-electron chi connectivity index (χ1n) is 5.14. The molecule has 1 rings (SSSR count). The molecule has 0 aromatic heterocycles. The zero-order chi connectivity index (χ0) is 17.6. The predicted octanol–water partition coefficient (Wildman–Crippen LogP) is -1.57. The highest BCUT2D eigenvalue weighted by molar-refractivity contribution is 6.30. The van der Waals surface area contributed by atoms with E-state index >= 15 is 0 Å². The highest BCUT2D eigenvalue weighted by atomic mass is 16.5. The van der Waals surface area contributed by atoms with E-state index in [0.29, 0.717) is 12.1 Å². The Kier molecular flexibility index (Phi) is 6.69. The number of carboxylic acid groups (broad SMARTS) is 4. The number of benzene rings is 1. The molecule has 1 aromatic rings. The smallest absolute Gasteiger partial charge is 0.478 e. The average molecular weight is 316 g/mol. The molecule has 118 valence electrons. The van der Waals surface area contributed by atoms with Gasteiger partial charge in [-0.2, -0.15) is 0 Å². The molecule has 0 amide bonds. The SMILES string of the molecule is O=C(O)c1cc(C(=O)O)c(C(=O)O)cc1C(=O)O.OB(O)O. The van der Waals surface area contributed by atoms with Crippen LogP contribution >= 0.6 is 0 Å². The Balaban J connectivity index is 0.000000980. The lowest BCUT2D eigenvalue weighted by Gasteiger charge is -2.06. The molecule has 1 aromatic carbocycles. The van der Waals surface area contributed by atoms with E-state index in [0.717, 1.165) is 0 Å². The molecule has 11 nitrogen and oxygen atoms in total. The minimum atomic E-state index is -2.17. The fourth-order valence-corrected chi connectivity index (χ4v) is 1.31. The summed E-state index contributed by atoms with van der Waals surface area (Å²) >= 11 is 0. The van der Waals surface area contributed by atoms with E-state index in [1.807, 2.05) is 0 Å². The number of rotatable bonds is 4. The van der Waals surface area contributed by atoms with E-state index in [1.165, 1.54) is 0 Å². The Hall–Kier alpha value is -2.96. The van der Waals surface area contributed by atoms with Gasteiger partial charge in [-0.1, -0.05) is 0 Å². The minimum absolute atomic E-state index is 0.511. The molecular formula is C10H9BO11. The summed E-state index contributed by atoms with van der Waals surface area (Å²) < 4.78 is 0. The molecule has 0 aliphatic heterocycles. The van der Waals surface area contributed by atoms with Crippen molar-refractivity contribution in [2.75, 3.05) is 0 Å². The summed E-state index contributed by atoms with van der Waals surface area (Å²) in [6.45, 7) is 0. The monoisotopic (exact) mass is 316 g/mol. The van der Waals surface area contributed by atoms with Crippen molar-refractivity contribution >= 4 is 31.2 Å². The fourth-order valence-electron chi connectivity index (χ4n) is 1.31. The van der Waals surface area contributed by atoms with Crippen LogP contribution in [0.25, 0.3) is 0 Å². The number of aromatic carboxylic acids is 4. The Bertz CT molecular complexity index is 521. The molecule has 0 atom stereocenters. The summed E-state index contributed by atoms with van der Waals surface area (Å²) in [5, 5.41) is 56.5. The first kappa shape index (κ1) is 19.0. The summed E-state index contributed by atoms with van der Waals surface area (Å²) in [6, 6.07) is 1.02. The van der Waals surface area contributed by atoms with Gasteiger partial charge >= 0.3 is 31.2 Å². The van der Waals surface area contributed by atoms with Crippen LogP contribution in [-0.4, -0.2) is 66.7 Å². The highest BCUT2D eigenvalue weighted by Crippen LogP contribution is 2.18. The van der Waals surface area contributed by atoms with Crippen molar-refractivity contribution in [3.63, 3.8) is 0 Å². The predicted molar refractivity (Wildman–Crippen MR) is 66.7 cm³/mol. The summed E-state index contributed by atoms with van der Waals surface area (Å²) in [5.74, 6) is -6.64. The molecule has 0 bridgehead atoms. The first-order chi connectivity index (χ1) is 9.98. The third-order valence-corrected chi connectivity index (χ3v) is 2.08. The number of hydrogen-bond acceptors (Lipinski definition) is 7. The van der Waals surface area contributed by atoms with Crippen LogP contribution in [0.5, 0.6) is 0 Å². The molecule has 0 saturated heterocycles. The van der Waals surface area contributed by atoms with Gasteiger partial charge in [-0.15, -0.1) is 0 Å². The normalized spacial score (nSPS) is 9.23. The van der Waals surface area contributed by atoms with Gasteiger partial charge in [-0.05, 0) is 12.1 Å². The Morgan fingerprint density at radius 1 is 0.591 bits per heavy atom. The van der Waals surface area contributed by atoms with Gasteiger partial charge in [-0.25, -0.2) is 19.2 Å². The van der Waals surface area contributed by atoms with Crippen LogP contribution in [0.3, 0.4) is 0 Å². The first-order valence-corrected chi connectivity index (χ1v) is 5.14. The molecule has 7 N–H and O–H groups in total. The van der Waals surface area contributed by atoms with Gasteiger partial charge < -0.3 is 35.5 Å². The van der Waals surface area contributed by atoms with Crippen LogP contribution in [0.4, 0.5) is 0 Å². The van der Waals surface area contributed by atoms with Crippen LogP contribution < -0.4 is 0 Å². The van der Waals surface area contributed by atoms with Crippen molar-refractivity contribution in [1.82, 2.24) is 0 Å². The van der Waals surface area contributed by atoms with E-state index in [4.69, 9.17) is 35.5 Å². The van der Waals surface area contributed by atoms with Crippen molar-refractivity contribution in [3.05, 3.63) is 34.4 Å². The molecule has 22 heavy (non-hydrogen) atoms. The van der Waals surface area contributed by atoms with Crippen molar-refractivity contribution in [2.45, 2.75) is 0 Å². The van der Waals surface area contributed by atoms with Crippen LogP contribution in [0.1, 0.15) is 41.4 Å². The minimum Gasteiger partial charge on any atom is -0.478 e. The molecule has 12 heteroatoms. The number of carboxylic acids is 4. The molecule has 0 heterocycles. The lowest BCUT2D eigenvalue weighted by molar-refractivity contribution is 0.0637. The summed E-state index contributed by atoms with van der Waals surface area (Å²) in [5.41, 5.74) is -3.15. The van der Waals surface area contributed by atoms with E-state index in [9.17, 15) is 19.2 Å². The second-order valence-electron chi connectivity index (χ2n) is 3.51.